The third kappa shape index (κ3) is 14.8. The summed E-state index contributed by atoms with van der Waals surface area (Å²) < 4.78 is 18.7. The Morgan fingerprint density at radius 2 is 1.40 bits per heavy atom. The molecule has 0 aliphatic carbocycles. The number of aryl methyl sites for hydroxylation is 4. The van der Waals surface area contributed by atoms with Crippen LogP contribution in [0.4, 0.5) is 11.9 Å². The topological polar surface area (TPSA) is 286 Å². The van der Waals surface area contributed by atoms with Crippen molar-refractivity contribution >= 4 is 76.5 Å². The van der Waals surface area contributed by atoms with E-state index in [-0.39, 0.29) is 29.5 Å². The maximum Gasteiger partial charge on any atom is 0.335 e. The first-order valence-electron chi connectivity index (χ1n) is 22.9. The summed E-state index contributed by atoms with van der Waals surface area (Å²) >= 11 is 0. The van der Waals surface area contributed by atoms with E-state index in [1.54, 1.807) is 52.3 Å². The van der Waals surface area contributed by atoms with E-state index in [0.29, 0.717) is 95.5 Å². The monoisotopic (exact) mass is 993 g/mol. The van der Waals surface area contributed by atoms with Crippen LogP contribution in [0.5, 0.6) is 11.5 Å². The molecule has 0 saturated carbocycles. The Kier molecular flexibility index (Phi) is 21.1. The number of nitrogens with zero attached hydrogens (tertiary/aromatic N) is 10. The average molecular weight is 994 g/mol. The molecule has 0 unspecified atom stereocenters. The number of carbonyl (C=O) groups excluding carboxylic acids is 6. The number of amides is 3. The van der Waals surface area contributed by atoms with E-state index < -0.39 is 17.8 Å². The van der Waals surface area contributed by atoms with E-state index in [1.165, 1.54) is 24.1 Å². The maximum absolute atomic E-state index is 13.6. The molecule has 3 amide bonds. The first-order valence-corrected chi connectivity index (χ1v) is 22.9. The fourth-order valence-corrected chi connectivity index (χ4v) is 7.21. The Bertz CT molecular complexity index is 2940. The Morgan fingerprint density at radius 3 is 1.96 bits per heavy atom. The number of nitrogens with two attached hydrogens (primary N) is 1. The van der Waals surface area contributed by atoms with Crippen LogP contribution in [0.1, 0.15) is 79.8 Å². The van der Waals surface area contributed by atoms with Crippen molar-refractivity contribution in [3.8, 4) is 11.5 Å². The number of benzene rings is 2. The summed E-state index contributed by atoms with van der Waals surface area (Å²) in [5, 5.41) is 24.0. The van der Waals surface area contributed by atoms with Crippen molar-refractivity contribution in [3.63, 3.8) is 0 Å². The molecule has 6 rings (SSSR count). The number of allylic oxidation sites excluding steroid dienone is 3. The number of anilines is 2. The molecule has 0 atom stereocenters. The molecule has 2 aromatic carbocycles. The summed E-state index contributed by atoms with van der Waals surface area (Å²) in [6.45, 7) is 11.0. The second-order valence-electron chi connectivity index (χ2n) is 16.2. The van der Waals surface area contributed by atoms with Crippen LogP contribution in [0.2, 0.25) is 0 Å². The van der Waals surface area contributed by atoms with Gasteiger partial charge in [0.25, 0.3) is 5.91 Å². The largest absolute Gasteiger partial charge is 0.494 e. The molecule has 384 valence electrons. The molecule has 0 saturated heterocycles. The predicted molar refractivity (Wildman–Crippen MR) is 271 cm³/mol. The summed E-state index contributed by atoms with van der Waals surface area (Å²) in [5.74, 6) is -0.856. The minimum Gasteiger partial charge on any atom is -0.494 e. The predicted octanol–water partition coefficient (Wildman–Crippen LogP) is 4.41. The lowest BCUT2D eigenvalue weighted by molar-refractivity contribution is -0.125. The van der Waals surface area contributed by atoms with Crippen LogP contribution < -0.4 is 25.8 Å². The van der Waals surface area contributed by atoms with Crippen molar-refractivity contribution in [1.29, 1.82) is 0 Å². The highest BCUT2D eigenvalue weighted by Crippen LogP contribution is 2.33. The summed E-state index contributed by atoms with van der Waals surface area (Å²) in [4.78, 5) is 91.3. The number of likely N-dealkylation sites (N-methyl/N-ethyl adjacent to an activating group) is 1. The van der Waals surface area contributed by atoms with Crippen LogP contribution in [0.3, 0.4) is 0 Å². The Hall–Kier alpha value is -8.47. The number of nitrogens with one attached hydrogen (secondary N) is 2. The molecule has 0 fully saturated rings. The number of aldehydes is 3. The van der Waals surface area contributed by atoms with E-state index >= 15 is 0 Å². The van der Waals surface area contributed by atoms with Gasteiger partial charge in [-0.1, -0.05) is 12.2 Å². The summed E-state index contributed by atoms with van der Waals surface area (Å²) in [6, 6.07) is 9.62. The molecule has 72 heavy (non-hydrogen) atoms. The molecule has 0 radical (unpaired) electrons. The number of imidazole rings is 2. The number of rotatable bonds is 23. The van der Waals surface area contributed by atoms with Gasteiger partial charge in [-0.3, -0.25) is 38.7 Å². The fourth-order valence-electron chi connectivity index (χ4n) is 7.21. The lowest BCUT2D eigenvalue weighted by Gasteiger charge is -2.14. The molecule has 0 aliphatic heterocycles. The van der Waals surface area contributed by atoms with Crippen molar-refractivity contribution in [2.75, 3.05) is 65.6 Å². The highest BCUT2D eigenvalue weighted by Gasteiger charge is 2.22. The number of aromatic carboxylic acids is 1. The second kappa shape index (κ2) is 27.1. The molecule has 4 heterocycles. The number of hydrogen-bond donors (Lipinski definition) is 4. The number of ether oxygens (including phenoxy) is 2. The van der Waals surface area contributed by atoms with Gasteiger partial charge in [0.2, 0.25) is 23.7 Å². The summed E-state index contributed by atoms with van der Waals surface area (Å²) in [6.07, 6.45) is 9.25. The molecule has 0 aliphatic rings. The molecule has 6 aromatic rings. The van der Waals surface area contributed by atoms with Gasteiger partial charge in [0.15, 0.2) is 6.29 Å². The fraction of sp³-hybridized carbons (Fsp3) is 0.367. The average Bonchev–Trinajstić information content (AvgIpc) is 4.13. The standard InChI is InChI=1S/C34H42N10O6.C8H11NO3.C7H10N2O/c1-7-44-25(15-20(2)40-44)31(46)39-34-38-23-16-21(30(35)45)18-27(50-14-10-11-41(4)5)29(23)43(34)13-9-8-12-42-28-24(37-33(42)36-3)17-22(32(47)48)19-26(28)49-6;1-9(5-3-7-11)8(12)4-2-6-10;1-3-9-7(5-10)4-6(2)8-9/h8-9,15-19H,7,10-14H2,1-6H3,(H2,35,45)(H,36,37)(H,47,48)(H,38,39,46);2,4,6-7H,3,5H2,1H3;4-5H,3H2,1-2H3/b9-8+;4-2-;. The molecule has 4 aromatic heterocycles. The summed E-state index contributed by atoms with van der Waals surface area (Å²) in [7, 11) is 8.73. The van der Waals surface area contributed by atoms with Crippen LogP contribution in [0.15, 0.2) is 60.7 Å². The normalized spacial score (nSPS) is 11.0. The van der Waals surface area contributed by atoms with Gasteiger partial charge in [0.05, 0.1) is 41.7 Å². The Labute approximate surface area is 416 Å². The first kappa shape index (κ1) is 56.1. The van der Waals surface area contributed by atoms with Crippen molar-refractivity contribution in [2.24, 2.45) is 5.73 Å². The third-order valence-corrected chi connectivity index (χ3v) is 10.6. The highest BCUT2D eigenvalue weighted by molar-refractivity contribution is 6.04. The lowest BCUT2D eigenvalue weighted by atomic mass is 10.1. The molecule has 23 heteroatoms. The van der Waals surface area contributed by atoms with Crippen LogP contribution >= 0.6 is 0 Å². The van der Waals surface area contributed by atoms with E-state index in [4.69, 9.17) is 20.2 Å². The Morgan fingerprint density at radius 1 is 0.806 bits per heavy atom. The third-order valence-electron chi connectivity index (χ3n) is 10.6. The van der Waals surface area contributed by atoms with Gasteiger partial charge in [0.1, 0.15) is 46.5 Å². The van der Waals surface area contributed by atoms with Gasteiger partial charge in [-0.2, -0.15) is 10.2 Å². The lowest BCUT2D eigenvalue weighted by Crippen LogP contribution is -2.26. The van der Waals surface area contributed by atoms with E-state index in [9.17, 15) is 38.7 Å². The number of fused-ring (bicyclic) bond motifs is 2. The Balaban J connectivity index is 0.000000420. The number of carbonyl (C=O) groups is 7. The molecular formula is C49H63N13O10. The number of aromatic nitrogens is 8. The summed E-state index contributed by atoms with van der Waals surface area (Å²) in [5.41, 5.74) is 10.7. The number of hydrogen-bond acceptors (Lipinski definition) is 15. The molecule has 0 spiro atoms. The van der Waals surface area contributed by atoms with Gasteiger partial charge >= 0.3 is 5.97 Å². The maximum atomic E-state index is 13.6. The smallest absolute Gasteiger partial charge is 0.335 e. The first-order chi connectivity index (χ1) is 34.4. The zero-order valence-electron chi connectivity index (χ0n) is 42.0. The number of methoxy groups -OCH3 is 1. The molecule has 23 nitrogen and oxygen atoms in total. The van der Waals surface area contributed by atoms with Gasteiger partial charge < -0.3 is 49.4 Å². The van der Waals surface area contributed by atoms with Crippen LogP contribution in [0, 0.1) is 13.8 Å². The number of primary amides is 1. The van der Waals surface area contributed by atoms with Crippen molar-refractivity contribution in [1.82, 2.24) is 48.5 Å². The zero-order chi connectivity index (χ0) is 53.1. The number of carboxylic acid groups (broad SMARTS) is 1. The SMILES string of the molecule is CCn1nc(C)cc1C(=O)Nc1nc2cc(C(N)=O)cc(OCCCN(C)C)c2n1C/C=C/Cn1c(NC)nc2cc(C(=O)O)cc(OC)c21.CCn1nc(C)cc1C=O.CN(CCC=O)C(=O)/C=C\C=O. The second-order valence-corrected chi connectivity index (χ2v) is 16.2. The number of carboxylic acids is 1. The van der Waals surface area contributed by atoms with E-state index in [2.05, 4.69) is 25.8 Å². The van der Waals surface area contributed by atoms with Crippen molar-refractivity contribution < 1.29 is 48.1 Å². The quantitative estimate of drug-likeness (QED) is 0.0299. The molecule has 0 bridgehead atoms. The minimum absolute atomic E-state index is 0.0649. The van der Waals surface area contributed by atoms with Crippen LogP contribution in [0.25, 0.3) is 22.1 Å². The minimum atomic E-state index is -1.08. The zero-order valence-corrected chi connectivity index (χ0v) is 42.0. The van der Waals surface area contributed by atoms with Crippen LogP contribution in [-0.2, 0) is 40.6 Å². The van der Waals surface area contributed by atoms with E-state index in [1.807, 2.05) is 63.4 Å². The molecular weight excluding hydrogens is 931 g/mol. The van der Waals surface area contributed by atoms with E-state index in [0.717, 1.165) is 49.9 Å². The van der Waals surface area contributed by atoms with Crippen molar-refractivity contribution in [3.05, 3.63) is 94.6 Å². The van der Waals surface area contributed by atoms with Gasteiger partial charge in [-0.15, -0.1) is 0 Å². The van der Waals surface area contributed by atoms with Gasteiger partial charge in [0, 0.05) is 71.4 Å². The van der Waals surface area contributed by atoms with Crippen LogP contribution in [-0.4, -0.2) is 151 Å². The van der Waals surface area contributed by atoms with Crippen molar-refractivity contribution in [2.45, 2.75) is 66.7 Å². The highest BCUT2D eigenvalue weighted by atomic mass is 16.5. The van der Waals surface area contributed by atoms with Gasteiger partial charge in [-0.25, -0.2) is 14.8 Å². The van der Waals surface area contributed by atoms with Gasteiger partial charge in [-0.05, 0) is 90.7 Å². The molecule has 5 N–H and O–H groups in total.